The van der Waals surface area contributed by atoms with E-state index in [9.17, 15) is 14.4 Å². The van der Waals surface area contributed by atoms with Crippen LogP contribution >= 0.6 is 0 Å². The second-order valence-electron chi connectivity index (χ2n) is 6.00. The Morgan fingerprint density at radius 2 is 1.33 bits per heavy atom. The predicted octanol–water partition coefficient (Wildman–Crippen LogP) is 2.23. The molecule has 100 valence electrons. The van der Waals surface area contributed by atoms with Crippen LogP contribution in [0.5, 0.6) is 0 Å². The number of rotatable bonds is 0. The van der Waals surface area contributed by atoms with Gasteiger partial charge in [0.05, 0.1) is 16.7 Å². The van der Waals surface area contributed by atoms with Crippen molar-refractivity contribution in [3.05, 3.63) is 11.3 Å². The molecule has 2 aliphatic rings. The maximum atomic E-state index is 10.9. The minimum atomic E-state index is -0.667. The van der Waals surface area contributed by atoms with Crippen molar-refractivity contribution in [2.75, 3.05) is 0 Å². The first-order chi connectivity index (χ1) is 7.95. The van der Waals surface area contributed by atoms with Gasteiger partial charge in [0.2, 0.25) is 0 Å². The van der Waals surface area contributed by atoms with Gasteiger partial charge in [-0.05, 0) is 41.5 Å². The van der Waals surface area contributed by atoms with Crippen LogP contribution < -0.4 is 0 Å². The number of hydrogen-bond acceptors (Lipinski definition) is 4. The molecule has 0 aliphatic heterocycles. The van der Waals surface area contributed by atoms with Crippen LogP contribution in [0.3, 0.4) is 0 Å². The van der Waals surface area contributed by atoms with Gasteiger partial charge in [0.25, 0.3) is 0 Å². The molecule has 4 heteroatoms. The summed E-state index contributed by atoms with van der Waals surface area (Å²) in [6.45, 7) is 10.1. The van der Waals surface area contributed by atoms with Crippen molar-refractivity contribution in [2.45, 2.75) is 41.5 Å². The maximum absolute atomic E-state index is 10.9. The van der Waals surface area contributed by atoms with Gasteiger partial charge in [-0.1, -0.05) is 0 Å². The molecule has 0 heterocycles. The van der Waals surface area contributed by atoms with Crippen molar-refractivity contribution in [2.24, 2.45) is 16.7 Å². The number of allylic oxidation sites excluding steroid dienone is 2. The Morgan fingerprint density at radius 3 is 1.44 bits per heavy atom. The molecule has 0 aromatic carbocycles. The lowest BCUT2D eigenvalue weighted by atomic mass is 9.63. The van der Waals surface area contributed by atoms with E-state index in [0.29, 0.717) is 5.57 Å². The molecule has 18 heavy (non-hydrogen) atoms. The molecule has 0 radical (unpaired) electrons. The van der Waals surface area contributed by atoms with Crippen molar-refractivity contribution >= 4 is 17.3 Å². The minimum Gasteiger partial charge on any atom is -0.511 e. The highest BCUT2D eigenvalue weighted by Gasteiger charge is 2.52. The molecule has 2 rings (SSSR count). The van der Waals surface area contributed by atoms with Gasteiger partial charge < -0.3 is 5.11 Å². The van der Waals surface area contributed by atoms with Crippen LogP contribution in [0.2, 0.25) is 0 Å². The van der Waals surface area contributed by atoms with Crippen LogP contribution in [0.25, 0.3) is 0 Å². The zero-order chi connectivity index (χ0) is 14.5. The van der Waals surface area contributed by atoms with Crippen LogP contribution in [-0.4, -0.2) is 22.5 Å². The van der Waals surface area contributed by atoms with Gasteiger partial charge in [-0.15, -0.1) is 0 Å². The molecule has 0 bridgehead atoms. The average molecular weight is 252 g/mol. The van der Waals surface area contributed by atoms with Gasteiger partial charge in [-0.3, -0.25) is 14.4 Å². The Bertz CT molecular complexity index is 448. The first-order valence-corrected chi connectivity index (χ1v) is 5.99. The van der Waals surface area contributed by atoms with Crippen LogP contribution in [0.1, 0.15) is 41.5 Å². The Hall–Kier alpha value is -1.45. The number of Topliss-reactive ketones (excluding diaryl/α,β-unsaturated/α-hetero) is 3. The predicted molar refractivity (Wildman–Crippen MR) is 67.1 cm³/mol. The molecule has 1 N–H and O–H groups in total. The topological polar surface area (TPSA) is 71.4 Å². The Kier molecular flexibility index (Phi) is 3.28. The second-order valence-corrected chi connectivity index (χ2v) is 6.00. The zero-order valence-electron chi connectivity index (χ0n) is 11.7. The van der Waals surface area contributed by atoms with E-state index in [4.69, 9.17) is 5.11 Å². The number of aliphatic hydroxyl groups excluding tert-OH is 1. The lowest BCUT2D eigenvalue weighted by Crippen LogP contribution is -2.53. The number of aliphatic hydroxyl groups is 1. The van der Waals surface area contributed by atoms with Gasteiger partial charge in [0, 0.05) is 5.57 Å². The summed E-state index contributed by atoms with van der Waals surface area (Å²) in [7, 11) is 0. The van der Waals surface area contributed by atoms with E-state index in [-0.39, 0.29) is 29.0 Å². The number of hydrogen-bond donors (Lipinski definition) is 1. The van der Waals surface area contributed by atoms with Gasteiger partial charge >= 0.3 is 0 Å². The van der Waals surface area contributed by atoms with Gasteiger partial charge in [-0.2, -0.15) is 0 Å². The molecule has 0 aromatic heterocycles. The van der Waals surface area contributed by atoms with E-state index in [2.05, 4.69) is 0 Å². The summed E-state index contributed by atoms with van der Waals surface area (Å²) >= 11 is 0. The molecule has 1 fully saturated rings. The van der Waals surface area contributed by atoms with Gasteiger partial charge in [0.15, 0.2) is 17.3 Å². The third kappa shape index (κ3) is 1.80. The standard InChI is InChI=1S/2C7H10O2/c2*1-4-5(8)7(2,3)6(4)9/h8H,1-3H3;4H,1-3H3. The first kappa shape index (κ1) is 14.6. The number of carbonyl (C=O) groups is 3. The summed E-state index contributed by atoms with van der Waals surface area (Å²) < 4.78 is 0. The van der Waals surface area contributed by atoms with Crippen molar-refractivity contribution < 1.29 is 19.5 Å². The van der Waals surface area contributed by atoms with Crippen LogP contribution in [-0.2, 0) is 14.4 Å². The molecule has 0 amide bonds. The number of ketones is 3. The quantitative estimate of drug-likeness (QED) is 0.671. The van der Waals surface area contributed by atoms with E-state index in [1.807, 2.05) is 0 Å². The SMILES string of the molecule is CC1=C(O)C(C)(C)C1=O.CC1C(=O)C(C)(C)C1=O. The van der Waals surface area contributed by atoms with E-state index >= 15 is 0 Å². The van der Waals surface area contributed by atoms with E-state index in [0.717, 1.165) is 0 Å². The van der Waals surface area contributed by atoms with Crippen LogP contribution in [0, 0.1) is 16.7 Å². The van der Waals surface area contributed by atoms with Crippen LogP contribution in [0.4, 0.5) is 0 Å². The van der Waals surface area contributed by atoms with Crippen LogP contribution in [0.15, 0.2) is 11.3 Å². The molecule has 4 nitrogen and oxygen atoms in total. The summed E-state index contributed by atoms with van der Waals surface area (Å²) in [6.07, 6.45) is 0. The van der Waals surface area contributed by atoms with Crippen molar-refractivity contribution in [1.82, 2.24) is 0 Å². The van der Waals surface area contributed by atoms with Crippen molar-refractivity contribution in [3.8, 4) is 0 Å². The number of carbonyl (C=O) groups excluding carboxylic acids is 3. The largest absolute Gasteiger partial charge is 0.511 e. The first-order valence-electron chi connectivity index (χ1n) is 5.99. The van der Waals surface area contributed by atoms with Gasteiger partial charge in [0.1, 0.15) is 5.76 Å². The smallest absolute Gasteiger partial charge is 0.175 e. The monoisotopic (exact) mass is 252 g/mol. The fourth-order valence-electron chi connectivity index (χ4n) is 2.34. The normalized spacial score (nSPS) is 25.1. The highest BCUT2D eigenvalue weighted by molar-refractivity contribution is 6.26. The maximum Gasteiger partial charge on any atom is 0.175 e. The zero-order valence-corrected chi connectivity index (χ0v) is 11.7. The molecule has 0 spiro atoms. The summed E-state index contributed by atoms with van der Waals surface area (Å²) in [5.41, 5.74) is -0.747. The fraction of sp³-hybridized carbons (Fsp3) is 0.643. The summed E-state index contributed by atoms with van der Waals surface area (Å²) in [5.74, 6) is 0.118. The second kappa shape index (κ2) is 4.04. The molecule has 0 aromatic rings. The van der Waals surface area contributed by atoms with E-state index in [1.54, 1.807) is 41.5 Å². The Balaban J connectivity index is 0.000000180. The molecule has 2 aliphatic carbocycles. The van der Waals surface area contributed by atoms with E-state index < -0.39 is 10.8 Å². The minimum absolute atomic E-state index is 0.0556. The molecule has 0 atom stereocenters. The Morgan fingerprint density at radius 1 is 0.944 bits per heavy atom. The molecule has 0 unspecified atom stereocenters. The average Bonchev–Trinajstić information content (AvgIpc) is 2.34. The summed E-state index contributed by atoms with van der Waals surface area (Å²) in [5, 5.41) is 9.07. The highest BCUT2D eigenvalue weighted by Crippen LogP contribution is 2.39. The fourth-order valence-corrected chi connectivity index (χ4v) is 2.34. The molecular formula is C14H20O4. The van der Waals surface area contributed by atoms with E-state index in [1.165, 1.54) is 0 Å². The Labute approximate surface area is 107 Å². The lowest BCUT2D eigenvalue weighted by Gasteiger charge is -2.36. The van der Waals surface area contributed by atoms with Gasteiger partial charge in [-0.25, -0.2) is 0 Å². The summed E-state index contributed by atoms with van der Waals surface area (Å²) in [4.78, 5) is 32.6. The molecule has 1 saturated carbocycles. The summed E-state index contributed by atoms with van der Waals surface area (Å²) in [6, 6.07) is 0. The molecular weight excluding hydrogens is 232 g/mol. The third-order valence-electron chi connectivity index (χ3n) is 3.87. The third-order valence-corrected chi connectivity index (χ3v) is 3.87. The molecule has 0 saturated heterocycles. The lowest BCUT2D eigenvalue weighted by molar-refractivity contribution is -0.157. The highest BCUT2D eigenvalue weighted by atomic mass is 16.3. The van der Waals surface area contributed by atoms with Crippen molar-refractivity contribution in [3.63, 3.8) is 0 Å². The van der Waals surface area contributed by atoms with Crippen molar-refractivity contribution in [1.29, 1.82) is 0 Å².